The predicted molar refractivity (Wildman–Crippen MR) is 108 cm³/mol. The van der Waals surface area contributed by atoms with Gasteiger partial charge in [0, 0.05) is 20.6 Å². The van der Waals surface area contributed by atoms with E-state index in [9.17, 15) is 9.90 Å². The lowest BCUT2D eigenvalue weighted by atomic mass is 10.0. The molecule has 0 amide bonds. The maximum atomic E-state index is 12.8. The highest BCUT2D eigenvalue weighted by Crippen LogP contribution is 2.30. The first-order valence-electron chi connectivity index (χ1n) is 7.68. The lowest BCUT2D eigenvalue weighted by Crippen LogP contribution is -2.05. The standard InChI is InChI=1S/C18H10BrClN4O2S/c19-12-3-6-15(25)14(7-12)16(26)11-8-21-24-17(22-23-18(24)27-9-11)10-1-4-13(20)5-2-10/h1-9,25H. The molecule has 2 aromatic carbocycles. The Morgan fingerprint density at radius 1 is 1.15 bits per heavy atom. The second kappa shape index (κ2) is 7.30. The number of phenolic OH excluding ortho intramolecular Hbond substituents is 1. The number of benzene rings is 2. The van der Waals surface area contributed by atoms with Gasteiger partial charge in [-0.05, 0) is 47.9 Å². The van der Waals surface area contributed by atoms with Crippen LogP contribution in [0.4, 0.5) is 0 Å². The molecule has 0 saturated heterocycles. The van der Waals surface area contributed by atoms with Crippen LogP contribution in [0.15, 0.2) is 68.2 Å². The second-order valence-corrected chi connectivity index (χ2v) is 7.74. The molecule has 3 aromatic rings. The maximum absolute atomic E-state index is 12.8. The average molecular weight is 462 g/mol. The Labute approximate surface area is 171 Å². The van der Waals surface area contributed by atoms with Crippen molar-refractivity contribution in [2.75, 3.05) is 0 Å². The molecular weight excluding hydrogens is 452 g/mol. The van der Waals surface area contributed by atoms with Gasteiger partial charge in [-0.3, -0.25) is 4.79 Å². The number of aromatic nitrogens is 3. The lowest BCUT2D eigenvalue weighted by molar-refractivity contribution is 0.103. The maximum Gasteiger partial charge on any atom is 0.216 e. The van der Waals surface area contributed by atoms with Gasteiger partial charge in [-0.15, -0.1) is 10.2 Å². The van der Waals surface area contributed by atoms with Crippen molar-refractivity contribution in [3.8, 4) is 17.1 Å². The van der Waals surface area contributed by atoms with Gasteiger partial charge in [-0.2, -0.15) is 9.78 Å². The molecule has 0 atom stereocenters. The van der Waals surface area contributed by atoms with Crippen molar-refractivity contribution in [1.29, 1.82) is 0 Å². The molecule has 0 fully saturated rings. The summed E-state index contributed by atoms with van der Waals surface area (Å²) in [5.74, 6) is 0.114. The van der Waals surface area contributed by atoms with Gasteiger partial charge >= 0.3 is 0 Å². The molecule has 0 unspecified atom stereocenters. The number of ketones is 1. The summed E-state index contributed by atoms with van der Waals surface area (Å²) >= 11 is 10.5. The number of carbonyl (C=O) groups excluding carboxylic acids is 1. The quantitative estimate of drug-likeness (QED) is 0.568. The van der Waals surface area contributed by atoms with Crippen LogP contribution >= 0.6 is 39.3 Å². The fourth-order valence-corrected chi connectivity index (χ4v) is 3.66. The van der Waals surface area contributed by atoms with Gasteiger partial charge < -0.3 is 5.11 Å². The van der Waals surface area contributed by atoms with E-state index in [4.69, 9.17) is 11.6 Å². The number of phenols is 1. The van der Waals surface area contributed by atoms with Crippen LogP contribution in [0.25, 0.3) is 11.4 Å². The third kappa shape index (κ3) is 3.55. The van der Waals surface area contributed by atoms with Gasteiger partial charge in [-0.25, -0.2) is 0 Å². The first kappa shape index (κ1) is 18.0. The summed E-state index contributed by atoms with van der Waals surface area (Å²) in [7, 11) is 0. The topological polar surface area (TPSA) is 80.4 Å². The minimum Gasteiger partial charge on any atom is -0.507 e. The van der Waals surface area contributed by atoms with E-state index in [1.165, 1.54) is 24.0 Å². The van der Waals surface area contributed by atoms with Crippen LogP contribution < -0.4 is 0 Å². The Bertz CT molecular complexity index is 1110. The number of rotatable bonds is 3. The highest BCUT2D eigenvalue weighted by Gasteiger charge is 2.20. The van der Waals surface area contributed by atoms with E-state index in [-0.39, 0.29) is 17.1 Å². The zero-order valence-corrected chi connectivity index (χ0v) is 16.7. The number of hydrogen-bond donors (Lipinski definition) is 1. The molecule has 0 saturated carbocycles. The minimum atomic E-state index is -0.336. The summed E-state index contributed by atoms with van der Waals surface area (Å²) in [5.41, 5.74) is 1.33. The third-order valence-corrected chi connectivity index (χ3v) is 5.37. The molecule has 27 heavy (non-hydrogen) atoms. The minimum absolute atomic E-state index is 0.0898. The number of carbonyl (C=O) groups is 1. The Balaban J connectivity index is 1.68. The van der Waals surface area contributed by atoms with Gasteiger partial charge in [0.25, 0.3) is 0 Å². The monoisotopic (exact) mass is 460 g/mol. The fourth-order valence-electron chi connectivity index (χ4n) is 2.45. The van der Waals surface area contributed by atoms with E-state index in [0.29, 0.717) is 26.0 Å². The summed E-state index contributed by atoms with van der Waals surface area (Å²) < 4.78 is 2.26. The van der Waals surface area contributed by atoms with E-state index in [0.717, 1.165) is 5.56 Å². The molecule has 0 bridgehead atoms. The average Bonchev–Trinajstić information content (AvgIpc) is 2.95. The number of allylic oxidation sites excluding steroid dienone is 1. The predicted octanol–water partition coefficient (Wildman–Crippen LogP) is 4.77. The molecule has 1 N–H and O–H groups in total. The summed E-state index contributed by atoms with van der Waals surface area (Å²) in [6.45, 7) is 0. The van der Waals surface area contributed by atoms with E-state index in [2.05, 4.69) is 31.2 Å². The van der Waals surface area contributed by atoms with Crippen molar-refractivity contribution in [2.24, 2.45) is 5.10 Å². The van der Waals surface area contributed by atoms with Gasteiger partial charge in [-0.1, -0.05) is 39.3 Å². The molecule has 1 aromatic heterocycles. The molecule has 0 aliphatic carbocycles. The van der Waals surface area contributed by atoms with Gasteiger partial charge in [0.05, 0.1) is 11.8 Å². The van der Waals surface area contributed by atoms with Crippen molar-refractivity contribution >= 4 is 51.3 Å². The Morgan fingerprint density at radius 3 is 2.70 bits per heavy atom. The Morgan fingerprint density at radius 2 is 1.93 bits per heavy atom. The lowest BCUT2D eigenvalue weighted by Gasteiger charge is -2.04. The molecular formula is C18H10BrClN4O2S. The van der Waals surface area contributed by atoms with Crippen LogP contribution in [-0.2, 0) is 0 Å². The van der Waals surface area contributed by atoms with Crippen LogP contribution in [0.5, 0.6) is 5.75 Å². The number of thioether (sulfide) groups is 1. The third-order valence-electron chi connectivity index (χ3n) is 3.78. The number of fused-ring (bicyclic) bond motifs is 1. The van der Waals surface area contributed by atoms with Crippen LogP contribution in [0.1, 0.15) is 10.4 Å². The van der Waals surface area contributed by atoms with Crippen molar-refractivity contribution in [3.63, 3.8) is 0 Å². The van der Waals surface area contributed by atoms with Crippen LogP contribution in [0.2, 0.25) is 5.02 Å². The molecule has 6 nitrogen and oxygen atoms in total. The highest BCUT2D eigenvalue weighted by molar-refractivity contribution is 9.10. The van der Waals surface area contributed by atoms with E-state index < -0.39 is 0 Å². The van der Waals surface area contributed by atoms with Crippen molar-refractivity contribution < 1.29 is 9.90 Å². The molecule has 0 spiro atoms. The number of aromatic hydroxyl groups is 1. The fraction of sp³-hybridized carbons (Fsp3) is 0. The smallest absolute Gasteiger partial charge is 0.216 e. The van der Waals surface area contributed by atoms with Crippen LogP contribution in [0, 0.1) is 0 Å². The number of hydrogen-bond acceptors (Lipinski definition) is 6. The van der Waals surface area contributed by atoms with E-state index in [1.807, 2.05) is 12.1 Å². The Hall–Kier alpha value is -2.42. The molecule has 134 valence electrons. The van der Waals surface area contributed by atoms with Crippen molar-refractivity contribution in [3.05, 3.63) is 68.5 Å². The molecule has 1 aliphatic heterocycles. The second-order valence-electron chi connectivity index (χ2n) is 5.55. The molecule has 4 rings (SSSR count). The van der Waals surface area contributed by atoms with Gasteiger partial charge in [0.2, 0.25) is 5.16 Å². The summed E-state index contributed by atoms with van der Waals surface area (Å²) in [6.07, 6.45) is 1.44. The van der Waals surface area contributed by atoms with Crippen LogP contribution in [-0.4, -0.2) is 32.0 Å². The zero-order valence-electron chi connectivity index (χ0n) is 13.5. The van der Waals surface area contributed by atoms with E-state index >= 15 is 0 Å². The molecule has 1 aliphatic rings. The number of nitrogens with zero attached hydrogens (tertiary/aromatic N) is 4. The van der Waals surface area contributed by atoms with Crippen LogP contribution in [0.3, 0.4) is 0 Å². The SMILES string of the molecule is O=C(C1=CSc2nnc(-c3ccc(Cl)cc3)n2N=C1)c1cc(Br)ccc1O. The first-order chi connectivity index (χ1) is 13.0. The summed E-state index contributed by atoms with van der Waals surface area (Å²) in [6, 6.07) is 11.9. The summed E-state index contributed by atoms with van der Waals surface area (Å²) in [5, 5.41) is 25.4. The van der Waals surface area contributed by atoms with Gasteiger partial charge in [0.1, 0.15) is 5.75 Å². The molecule has 0 radical (unpaired) electrons. The normalized spacial score (nSPS) is 13.0. The van der Waals surface area contributed by atoms with Gasteiger partial charge in [0.15, 0.2) is 11.6 Å². The largest absolute Gasteiger partial charge is 0.507 e. The van der Waals surface area contributed by atoms with E-state index in [1.54, 1.807) is 34.3 Å². The number of halogens is 2. The Kier molecular flexibility index (Phi) is 4.86. The highest BCUT2D eigenvalue weighted by atomic mass is 79.9. The van der Waals surface area contributed by atoms with Crippen molar-refractivity contribution in [1.82, 2.24) is 14.9 Å². The molecule has 2 heterocycles. The van der Waals surface area contributed by atoms with Crippen molar-refractivity contribution in [2.45, 2.75) is 5.16 Å². The first-order valence-corrected chi connectivity index (χ1v) is 9.74. The zero-order chi connectivity index (χ0) is 19.0. The summed E-state index contributed by atoms with van der Waals surface area (Å²) in [4.78, 5) is 12.8. The molecule has 9 heteroatoms. The number of Topliss-reactive ketones (excluding diaryl/α,β-unsaturated/α-hetero) is 1.